The molecular weight excluding hydrogens is 341 g/mol. The molecule has 0 bridgehead atoms. The largest absolute Gasteiger partial charge is 0.494 e. The quantitative estimate of drug-likeness (QED) is 0.670. The lowest BCUT2D eigenvalue weighted by Crippen LogP contribution is -2.25. The molecule has 0 heterocycles. The molecule has 2 aromatic rings. The van der Waals surface area contributed by atoms with Gasteiger partial charge in [0.05, 0.1) is 12.6 Å². The zero-order chi connectivity index (χ0) is 16.2. The van der Waals surface area contributed by atoms with Crippen molar-refractivity contribution in [3.05, 3.63) is 59.7 Å². The monoisotopic (exact) mass is 357 g/mol. The molecule has 1 N–H and O–H groups in total. The standard InChI is InChI=1S/C17H18Cl3NO/c1-3-22-15-10-6-13(7-11-15)16(17(18,19)20)21-14-8-4-12(2)5-9-14/h4-11,16,21H,3H2,1-2H3. The Hall–Kier alpha value is -1.09. The summed E-state index contributed by atoms with van der Waals surface area (Å²) in [6, 6.07) is 15.0. The van der Waals surface area contributed by atoms with E-state index in [-0.39, 0.29) is 0 Å². The fraction of sp³-hybridized carbons (Fsp3) is 0.294. The topological polar surface area (TPSA) is 21.3 Å². The van der Waals surface area contributed by atoms with Crippen LogP contribution >= 0.6 is 34.8 Å². The van der Waals surface area contributed by atoms with Gasteiger partial charge in [-0.3, -0.25) is 0 Å². The Morgan fingerprint density at radius 1 is 1.00 bits per heavy atom. The summed E-state index contributed by atoms with van der Waals surface area (Å²) in [4.78, 5) is 0. The lowest BCUT2D eigenvalue weighted by Gasteiger charge is -2.27. The van der Waals surface area contributed by atoms with E-state index in [9.17, 15) is 0 Å². The molecule has 2 nitrogen and oxygen atoms in total. The summed E-state index contributed by atoms with van der Waals surface area (Å²) in [6.07, 6.45) is 0. The van der Waals surface area contributed by atoms with E-state index in [1.807, 2.05) is 62.4 Å². The molecule has 0 aromatic heterocycles. The Balaban J connectivity index is 2.24. The molecule has 0 aliphatic carbocycles. The van der Waals surface area contributed by atoms with Crippen molar-refractivity contribution in [3.8, 4) is 5.75 Å². The molecule has 2 aromatic carbocycles. The van der Waals surface area contributed by atoms with Crippen LogP contribution in [0.2, 0.25) is 0 Å². The number of nitrogens with one attached hydrogen (secondary N) is 1. The molecule has 0 radical (unpaired) electrons. The van der Waals surface area contributed by atoms with E-state index >= 15 is 0 Å². The first kappa shape index (κ1) is 17.3. The van der Waals surface area contributed by atoms with Crippen molar-refractivity contribution in [2.24, 2.45) is 0 Å². The van der Waals surface area contributed by atoms with Crippen LogP contribution in [0.15, 0.2) is 48.5 Å². The minimum Gasteiger partial charge on any atom is -0.494 e. The molecule has 1 unspecified atom stereocenters. The second kappa shape index (κ2) is 7.45. The van der Waals surface area contributed by atoms with E-state index in [1.54, 1.807) is 0 Å². The Morgan fingerprint density at radius 2 is 1.59 bits per heavy atom. The summed E-state index contributed by atoms with van der Waals surface area (Å²) in [5.74, 6) is 0.796. The van der Waals surface area contributed by atoms with Crippen LogP contribution in [0.5, 0.6) is 5.75 Å². The molecule has 0 spiro atoms. The van der Waals surface area contributed by atoms with Crippen LogP contribution in [0, 0.1) is 6.92 Å². The van der Waals surface area contributed by atoms with Crippen LogP contribution in [0.3, 0.4) is 0 Å². The molecule has 0 amide bonds. The van der Waals surface area contributed by atoms with Gasteiger partial charge in [0, 0.05) is 5.69 Å². The highest BCUT2D eigenvalue weighted by molar-refractivity contribution is 6.68. The lowest BCUT2D eigenvalue weighted by molar-refractivity contribution is 0.340. The van der Waals surface area contributed by atoms with Gasteiger partial charge < -0.3 is 10.1 Å². The second-order valence-electron chi connectivity index (χ2n) is 4.99. The summed E-state index contributed by atoms with van der Waals surface area (Å²) < 4.78 is 3.96. The normalized spacial score (nSPS) is 12.8. The van der Waals surface area contributed by atoms with Crippen molar-refractivity contribution in [2.75, 3.05) is 11.9 Å². The number of hydrogen-bond acceptors (Lipinski definition) is 2. The van der Waals surface area contributed by atoms with Gasteiger partial charge in [-0.05, 0) is 43.7 Å². The van der Waals surface area contributed by atoms with E-state index in [0.29, 0.717) is 6.61 Å². The zero-order valence-electron chi connectivity index (χ0n) is 12.4. The van der Waals surface area contributed by atoms with Gasteiger partial charge in [0.1, 0.15) is 5.75 Å². The maximum absolute atomic E-state index is 6.15. The Bertz CT molecular complexity index is 591. The van der Waals surface area contributed by atoms with Crippen molar-refractivity contribution in [3.63, 3.8) is 0 Å². The number of halogens is 3. The van der Waals surface area contributed by atoms with Gasteiger partial charge in [-0.1, -0.05) is 64.6 Å². The predicted molar refractivity (Wildman–Crippen MR) is 95.4 cm³/mol. The van der Waals surface area contributed by atoms with Gasteiger partial charge in [-0.2, -0.15) is 0 Å². The van der Waals surface area contributed by atoms with E-state index in [0.717, 1.165) is 17.0 Å². The van der Waals surface area contributed by atoms with E-state index in [2.05, 4.69) is 5.32 Å². The first-order chi connectivity index (χ1) is 10.4. The third kappa shape index (κ3) is 4.70. The van der Waals surface area contributed by atoms with Crippen molar-refractivity contribution < 1.29 is 4.74 Å². The number of rotatable bonds is 5. The van der Waals surface area contributed by atoms with Crippen molar-refractivity contribution in [1.29, 1.82) is 0 Å². The van der Waals surface area contributed by atoms with Crippen LogP contribution in [0.4, 0.5) is 5.69 Å². The summed E-state index contributed by atoms with van der Waals surface area (Å²) in [5.41, 5.74) is 2.96. The minimum absolute atomic E-state index is 0.462. The number of anilines is 1. The molecule has 1 atom stereocenters. The molecule has 0 saturated heterocycles. The highest BCUT2D eigenvalue weighted by Crippen LogP contribution is 2.42. The van der Waals surface area contributed by atoms with E-state index < -0.39 is 9.83 Å². The fourth-order valence-electron chi connectivity index (χ4n) is 2.09. The van der Waals surface area contributed by atoms with Crippen LogP contribution in [-0.2, 0) is 0 Å². The van der Waals surface area contributed by atoms with Gasteiger partial charge in [0.2, 0.25) is 3.79 Å². The average molecular weight is 359 g/mol. The molecule has 0 aliphatic rings. The highest BCUT2D eigenvalue weighted by atomic mass is 35.6. The summed E-state index contributed by atoms with van der Waals surface area (Å²) in [6.45, 7) is 4.59. The third-order valence-corrected chi connectivity index (χ3v) is 3.87. The molecule has 0 fully saturated rings. The van der Waals surface area contributed by atoms with E-state index in [4.69, 9.17) is 39.5 Å². The Labute approximate surface area is 146 Å². The highest BCUT2D eigenvalue weighted by Gasteiger charge is 2.34. The predicted octanol–water partition coefficient (Wildman–Crippen LogP) is 5.92. The average Bonchev–Trinajstić information content (AvgIpc) is 2.47. The summed E-state index contributed by atoms with van der Waals surface area (Å²) in [5, 5.41) is 3.28. The Kier molecular flexibility index (Phi) is 5.85. The molecule has 118 valence electrons. The van der Waals surface area contributed by atoms with Gasteiger partial charge >= 0.3 is 0 Å². The molecule has 2 rings (SSSR count). The molecule has 0 saturated carbocycles. The number of ether oxygens (including phenoxy) is 1. The zero-order valence-corrected chi connectivity index (χ0v) is 14.7. The third-order valence-electron chi connectivity index (χ3n) is 3.21. The first-order valence-corrected chi connectivity index (χ1v) is 8.16. The van der Waals surface area contributed by atoms with E-state index in [1.165, 1.54) is 5.56 Å². The molecule has 22 heavy (non-hydrogen) atoms. The molecular formula is C17H18Cl3NO. The fourth-order valence-corrected chi connectivity index (χ4v) is 2.64. The minimum atomic E-state index is -1.47. The van der Waals surface area contributed by atoms with Crippen LogP contribution in [0.1, 0.15) is 24.1 Å². The van der Waals surface area contributed by atoms with Crippen molar-refractivity contribution in [1.82, 2.24) is 0 Å². The SMILES string of the molecule is CCOc1ccc(C(Nc2ccc(C)cc2)C(Cl)(Cl)Cl)cc1. The van der Waals surface area contributed by atoms with Crippen LogP contribution in [-0.4, -0.2) is 10.4 Å². The molecule has 0 aliphatic heterocycles. The number of hydrogen-bond donors (Lipinski definition) is 1. The molecule has 5 heteroatoms. The number of benzene rings is 2. The van der Waals surface area contributed by atoms with Crippen LogP contribution < -0.4 is 10.1 Å². The second-order valence-corrected chi connectivity index (χ2v) is 7.36. The first-order valence-electron chi connectivity index (χ1n) is 7.03. The maximum Gasteiger partial charge on any atom is 0.214 e. The number of aryl methyl sites for hydroxylation is 1. The van der Waals surface area contributed by atoms with Gasteiger partial charge in [-0.25, -0.2) is 0 Å². The van der Waals surface area contributed by atoms with Gasteiger partial charge in [0.25, 0.3) is 0 Å². The lowest BCUT2D eigenvalue weighted by atomic mass is 10.1. The summed E-state index contributed by atoms with van der Waals surface area (Å²) >= 11 is 18.5. The van der Waals surface area contributed by atoms with Crippen molar-refractivity contribution in [2.45, 2.75) is 23.7 Å². The smallest absolute Gasteiger partial charge is 0.214 e. The maximum atomic E-state index is 6.15. The van der Waals surface area contributed by atoms with Gasteiger partial charge in [0.15, 0.2) is 0 Å². The number of alkyl halides is 3. The summed E-state index contributed by atoms with van der Waals surface area (Å²) in [7, 11) is 0. The van der Waals surface area contributed by atoms with Crippen LogP contribution in [0.25, 0.3) is 0 Å². The Morgan fingerprint density at radius 3 is 2.09 bits per heavy atom. The van der Waals surface area contributed by atoms with Crippen molar-refractivity contribution >= 4 is 40.5 Å². The van der Waals surface area contributed by atoms with Gasteiger partial charge in [-0.15, -0.1) is 0 Å².